The van der Waals surface area contributed by atoms with Crippen molar-refractivity contribution in [3.8, 4) is 0 Å². The fourth-order valence-electron chi connectivity index (χ4n) is 3.12. The molecule has 1 saturated carbocycles. The van der Waals surface area contributed by atoms with Crippen molar-refractivity contribution in [3.63, 3.8) is 0 Å². The molecule has 6 heteroatoms. The molecule has 2 N–H and O–H groups in total. The summed E-state index contributed by atoms with van der Waals surface area (Å²) in [6, 6.07) is 1.72. The minimum atomic E-state index is -3.40. The Labute approximate surface area is 128 Å². The summed E-state index contributed by atoms with van der Waals surface area (Å²) in [6.07, 6.45) is 7.42. The highest BCUT2D eigenvalue weighted by atomic mass is 32.2. The third-order valence-electron chi connectivity index (χ3n) is 4.33. The van der Waals surface area contributed by atoms with Crippen molar-refractivity contribution in [2.75, 3.05) is 13.6 Å². The quantitative estimate of drug-likeness (QED) is 0.839. The van der Waals surface area contributed by atoms with Gasteiger partial charge < -0.3 is 10.3 Å². The van der Waals surface area contributed by atoms with Crippen LogP contribution in [0.15, 0.2) is 17.2 Å². The first-order valence-corrected chi connectivity index (χ1v) is 9.28. The normalized spacial score (nSPS) is 17.0. The second-order valence-electron chi connectivity index (χ2n) is 6.00. The molecule has 0 amide bonds. The molecule has 5 nitrogen and oxygen atoms in total. The molecule has 0 spiro atoms. The zero-order chi connectivity index (χ0) is 15.5. The molecule has 1 aliphatic carbocycles. The summed E-state index contributed by atoms with van der Waals surface area (Å²) in [5, 5.41) is 0. The van der Waals surface area contributed by atoms with Crippen LogP contribution >= 0.6 is 0 Å². The van der Waals surface area contributed by atoms with Gasteiger partial charge in [-0.3, -0.25) is 0 Å². The van der Waals surface area contributed by atoms with E-state index in [-0.39, 0.29) is 0 Å². The van der Waals surface area contributed by atoms with Crippen LogP contribution in [0, 0.1) is 5.92 Å². The maximum atomic E-state index is 12.7. The van der Waals surface area contributed by atoms with Crippen LogP contribution < -0.4 is 5.73 Å². The highest BCUT2D eigenvalue weighted by Crippen LogP contribution is 2.27. The van der Waals surface area contributed by atoms with E-state index in [0.29, 0.717) is 23.9 Å². The highest BCUT2D eigenvalue weighted by Gasteiger charge is 2.26. The van der Waals surface area contributed by atoms with Gasteiger partial charge in [0.25, 0.3) is 0 Å². The maximum absolute atomic E-state index is 12.7. The Morgan fingerprint density at radius 3 is 2.62 bits per heavy atom. The second kappa shape index (κ2) is 6.94. The fourth-order valence-corrected chi connectivity index (χ4v) is 4.43. The summed E-state index contributed by atoms with van der Waals surface area (Å²) in [7, 11) is -1.71. The number of sulfonamides is 1. The molecular formula is C15H27N3O2S. The lowest BCUT2D eigenvalue weighted by molar-refractivity contribution is 0.387. The summed E-state index contributed by atoms with van der Waals surface area (Å²) in [6.45, 7) is 3.86. The van der Waals surface area contributed by atoms with Gasteiger partial charge in [0, 0.05) is 38.6 Å². The first-order chi connectivity index (χ1) is 9.98. The molecule has 0 bridgehead atoms. The van der Waals surface area contributed by atoms with Crippen molar-refractivity contribution < 1.29 is 8.42 Å². The molecule has 1 aromatic heterocycles. The van der Waals surface area contributed by atoms with E-state index in [2.05, 4.69) is 6.92 Å². The van der Waals surface area contributed by atoms with Crippen LogP contribution in [0.3, 0.4) is 0 Å². The first kappa shape index (κ1) is 16.5. The predicted molar refractivity (Wildman–Crippen MR) is 84.4 cm³/mol. The standard InChI is InChI=1S/C15H27N3O2S/c1-3-8-18-12-15(9-14(18)10-16)21(19,20)17(2)11-13-6-4-5-7-13/h9,12-13H,3-8,10-11,16H2,1-2H3. The van der Waals surface area contributed by atoms with E-state index >= 15 is 0 Å². The Morgan fingerprint density at radius 1 is 1.38 bits per heavy atom. The molecule has 1 fully saturated rings. The van der Waals surface area contributed by atoms with Crippen LogP contribution in [-0.4, -0.2) is 30.9 Å². The molecule has 0 aromatic carbocycles. The average Bonchev–Trinajstić information content (AvgIpc) is 3.08. The molecule has 1 heterocycles. The van der Waals surface area contributed by atoms with Crippen LogP contribution in [0.2, 0.25) is 0 Å². The number of rotatable bonds is 7. The molecule has 2 rings (SSSR count). The van der Waals surface area contributed by atoms with E-state index < -0.39 is 10.0 Å². The topological polar surface area (TPSA) is 68.3 Å². The summed E-state index contributed by atoms with van der Waals surface area (Å²) < 4.78 is 28.8. The van der Waals surface area contributed by atoms with Crippen LogP contribution in [0.1, 0.15) is 44.7 Å². The van der Waals surface area contributed by atoms with Crippen molar-refractivity contribution in [1.29, 1.82) is 0 Å². The van der Waals surface area contributed by atoms with E-state index in [4.69, 9.17) is 5.73 Å². The minimum absolute atomic E-state index is 0.363. The van der Waals surface area contributed by atoms with Gasteiger partial charge in [0.15, 0.2) is 0 Å². The lowest BCUT2D eigenvalue weighted by atomic mass is 10.1. The van der Waals surface area contributed by atoms with Gasteiger partial charge in [0.2, 0.25) is 10.0 Å². The lowest BCUT2D eigenvalue weighted by Gasteiger charge is -2.20. The number of nitrogens with two attached hydrogens (primary N) is 1. The van der Waals surface area contributed by atoms with Crippen molar-refractivity contribution >= 4 is 10.0 Å². The Balaban J connectivity index is 2.17. The summed E-state index contributed by atoms with van der Waals surface area (Å²) in [5.41, 5.74) is 6.60. The number of nitrogens with zero attached hydrogens (tertiary/aromatic N) is 2. The molecule has 0 saturated heterocycles. The fraction of sp³-hybridized carbons (Fsp3) is 0.733. The molecule has 0 atom stereocenters. The van der Waals surface area contributed by atoms with Crippen molar-refractivity contribution in [3.05, 3.63) is 18.0 Å². The van der Waals surface area contributed by atoms with Crippen LogP contribution in [-0.2, 0) is 23.1 Å². The van der Waals surface area contributed by atoms with Crippen LogP contribution in [0.5, 0.6) is 0 Å². The summed E-state index contributed by atoms with van der Waals surface area (Å²) in [4.78, 5) is 0.372. The van der Waals surface area contributed by atoms with E-state index in [0.717, 1.165) is 31.5 Å². The third-order valence-corrected chi connectivity index (χ3v) is 6.12. The highest BCUT2D eigenvalue weighted by molar-refractivity contribution is 7.89. The third kappa shape index (κ3) is 3.67. The number of aromatic nitrogens is 1. The van der Waals surface area contributed by atoms with Gasteiger partial charge in [-0.1, -0.05) is 19.8 Å². The molecule has 0 aliphatic heterocycles. The van der Waals surface area contributed by atoms with Gasteiger partial charge in [-0.2, -0.15) is 0 Å². The van der Waals surface area contributed by atoms with Gasteiger partial charge in [-0.25, -0.2) is 12.7 Å². The summed E-state index contributed by atoms with van der Waals surface area (Å²) >= 11 is 0. The largest absolute Gasteiger partial charge is 0.349 e. The van der Waals surface area contributed by atoms with E-state index in [9.17, 15) is 8.42 Å². The molecular weight excluding hydrogens is 286 g/mol. The van der Waals surface area contributed by atoms with Gasteiger partial charge in [-0.05, 0) is 31.2 Å². The molecule has 1 aromatic rings. The van der Waals surface area contributed by atoms with Gasteiger partial charge in [-0.15, -0.1) is 0 Å². The van der Waals surface area contributed by atoms with Crippen LogP contribution in [0.25, 0.3) is 0 Å². The molecule has 0 radical (unpaired) electrons. The number of hydrogen-bond acceptors (Lipinski definition) is 3. The zero-order valence-corrected chi connectivity index (χ0v) is 13.9. The van der Waals surface area contributed by atoms with Crippen LogP contribution in [0.4, 0.5) is 0 Å². The summed E-state index contributed by atoms with van der Waals surface area (Å²) in [5.74, 6) is 0.511. The van der Waals surface area contributed by atoms with E-state index in [1.165, 1.54) is 17.1 Å². The molecule has 21 heavy (non-hydrogen) atoms. The van der Waals surface area contributed by atoms with Gasteiger partial charge in [0.1, 0.15) is 4.90 Å². The average molecular weight is 313 g/mol. The maximum Gasteiger partial charge on any atom is 0.244 e. The zero-order valence-electron chi connectivity index (χ0n) is 13.1. The van der Waals surface area contributed by atoms with Crippen molar-refractivity contribution in [2.24, 2.45) is 11.7 Å². The van der Waals surface area contributed by atoms with Gasteiger partial charge >= 0.3 is 0 Å². The second-order valence-corrected chi connectivity index (χ2v) is 8.05. The smallest absolute Gasteiger partial charge is 0.244 e. The Bertz CT molecular complexity index is 559. The van der Waals surface area contributed by atoms with E-state index in [1.54, 1.807) is 19.3 Å². The molecule has 120 valence electrons. The molecule has 1 aliphatic rings. The van der Waals surface area contributed by atoms with E-state index in [1.807, 2.05) is 4.57 Å². The van der Waals surface area contributed by atoms with Crippen molar-refractivity contribution in [2.45, 2.75) is 57.0 Å². The number of aryl methyl sites for hydroxylation is 1. The minimum Gasteiger partial charge on any atom is -0.349 e. The Morgan fingerprint density at radius 2 is 2.05 bits per heavy atom. The van der Waals surface area contributed by atoms with Crippen molar-refractivity contribution in [1.82, 2.24) is 8.87 Å². The Kier molecular flexibility index (Phi) is 5.46. The Hall–Kier alpha value is -0.850. The SMILES string of the molecule is CCCn1cc(S(=O)(=O)N(C)CC2CCCC2)cc1CN. The number of hydrogen-bond donors (Lipinski definition) is 1. The van der Waals surface area contributed by atoms with Gasteiger partial charge in [0.05, 0.1) is 0 Å². The monoisotopic (exact) mass is 313 g/mol. The lowest BCUT2D eigenvalue weighted by Crippen LogP contribution is -2.31. The molecule has 0 unspecified atom stereocenters. The first-order valence-electron chi connectivity index (χ1n) is 7.84. The predicted octanol–water partition coefficient (Wildman–Crippen LogP) is 2.17.